The van der Waals surface area contributed by atoms with Crippen LogP contribution in [0.15, 0.2) is 66.7 Å². The van der Waals surface area contributed by atoms with E-state index in [0.29, 0.717) is 29.4 Å². The van der Waals surface area contributed by atoms with Crippen molar-refractivity contribution in [3.63, 3.8) is 0 Å². The summed E-state index contributed by atoms with van der Waals surface area (Å²) in [6, 6.07) is 21.1. The molecule has 29 heavy (non-hydrogen) atoms. The lowest BCUT2D eigenvalue weighted by Crippen LogP contribution is -2.04. The summed E-state index contributed by atoms with van der Waals surface area (Å²) in [6.07, 6.45) is 1.82. The fourth-order valence-electron chi connectivity index (χ4n) is 3.29. The van der Waals surface area contributed by atoms with Gasteiger partial charge in [-0.15, -0.1) is 0 Å². The molecule has 0 saturated heterocycles. The highest BCUT2D eigenvalue weighted by Crippen LogP contribution is 2.39. The van der Waals surface area contributed by atoms with Crippen molar-refractivity contribution in [2.75, 3.05) is 19.5 Å². The molecule has 3 aromatic carbocycles. The highest BCUT2D eigenvalue weighted by atomic mass is 16.5. The summed E-state index contributed by atoms with van der Waals surface area (Å²) in [4.78, 5) is 12.5. The second-order valence-electron chi connectivity index (χ2n) is 6.58. The number of methoxy groups -OCH3 is 2. The first kappa shape index (κ1) is 18.6. The van der Waals surface area contributed by atoms with E-state index in [-0.39, 0.29) is 5.91 Å². The van der Waals surface area contributed by atoms with Gasteiger partial charge in [0, 0.05) is 28.5 Å². The average molecular weight is 387 g/mol. The molecule has 0 fully saturated rings. The molecule has 1 aliphatic heterocycles. The van der Waals surface area contributed by atoms with Crippen molar-refractivity contribution in [3.05, 3.63) is 83.4 Å². The molecule has 0 aliphatic carbocycles. The Balaban J connectivity index is 1.76. The third kappa shape index (κ3) is 3.80. The molecule has 5 nitrogen and oxygen atoms in total. The quantitative estimate of drug-likeness (QED) is 0.619. The van der Waals surface area contributed by atoms with Crippen molar-refractivity contribution in [2.24, 2.45) is 0 Å². The first-order valence-corrected chi connectivity index (χ1v) is 9.25. The van der Waals surface area contributed by atoms with Crippen LogP contribution in [0.25, 0.3) is 11.6 Å². The zero-order valence-corrected chi connectivity index (χ0v) is 16.3. The van der Waals surface area contributed by atoms with Crippen LogP contribution in [0.1, 0.15) is 16.7 Å². The van der Waals surface area contributed by atoms with Gasteiger partial charge in [0.05, 0.1) is 14.2 Å². The molecular weight excluding hydrogens is 366 g/mol. The van der Waals surface area contributed by atoms with Crippen LogP contribution in [-0.4, -0.2) is 20.1 Å². The third-order valence-electron chi connectivity index (χ3n) is 4.76. The molecule has 3 aromatic rings. The number of anilines is 1. The van der Waals surface area contributed by atoms with Gasteiger partial charge in [0.15, 0.2) is 11.5 Å². The zero-order valence-electron chi connectivity index (χ0n) is 16.3. The number of benzene rings is 3. The van der Waals surface area contributed by atoms with Gasteiger partial charge < -0.3 is 19.5 Å². The monoisotopic (exact) mass is 387 g/mol. The van der Waals surface area contributed by atoms with E-state index in [1.807, 2.05) is 66.7 Å². The van der Waals surface area contributed by atoms with Crippen LogP contribution in [-0.2, 0) is 11.4 Å². The van der Waals surface area contributed by atoms with E-state index in [4.69, 9.17) is 14.2 Å². The predicted octanol–water partition coefficient (Wildman–Crippen LogP) is 4.78. The van der Waals surface area contributed by atoms with Crippen LogP contribution >= 0.6 is 0 Å². The van der Waals surface area contributed by atoms with Gasteiger partial charge in [-0.1, -0.05) is 48.5 Å². The van der Waals surface area contributed by atoms with Gasteiger partial charge in [0.25, 0.3) is 5.91 Å². The Hall–Kier alpha value is -3.73. The molecular formula is C24H21NO4. The third-order valence-corrected chi connectivity index (χ3v) is 4.76. The number of carbonyl (C=O) groups excluding carboxylic acids is 1. The normalized spacial score (nSPS) is 13.7. The summed E-state index contributed by atoms with van der Waals surface area (Å²) in [5.74, 6) is 1.60. The molecule has 1 N–H and O–H groups in total. The van der Waals surface area contributed by atoms with E-state index in [1.54, 1.807) is 20.3 Å². The number of rotatable bonds is 6. The molecule has 5 heteroatoms. The number of para-hydroxylation sites is 1. The summed E-state index contributed by atoms with van der Waals surface area (Å²) < 4.78 is 17.0. The van der Waals surface area contributed by atoms with Crippen LogP contribution in [0.4, 0.5) is 5.69 Å². The molecule has 1 amide bonds. The van der Waals surface area contributed by atoms with Crippen molar-refractivity contribution in [1.29, 1.82) is 0 Å². The Morgan fingerprint density at radius 3 is 2.31 bits per heavy atom. The van der Waals surface area contributed by atoms with Crippen molar-refractivity contribution < 1.29 is 19.0 Å². The lowest BCUT2D eigenvalue weighted by Gasteiger charge is -2.15. The minimum absolute atomic E-state index is 0.144. The first-order valence-electron chi connectivity index (χ1n) is 9.25. The largest absolute Gasteiger partial charge is 0.493 e. The van der Waals surface area contributed by atoms with Gasteiger partial charge in [-0.2, -0.15) is 0 Å². The molecule has 1 heterocycles. The van der Waals surface area contributed by atoms with Crippen LogP contribution in [0, 0.1) is 0 Å². The minimum Gasteiger partial charge on any atom is -0.493 e. The maximum atomic E-state index is 12.5. The number of amides is 1. The first-order chi connectivity index (χ1) is 14.2. The zero-order chi connectivity index (χ0) is 20.2. The lowest BCUT2D eigenvalue weighted by molar-refractivity contribution is -0.110. The molecule has 4 rings (SSSR count). The summed E-state index contributed by atoms with van der Waals surface area (Å²) in [7, 11) is 3.16. The number of fused-ring (bicyclic) bond motifs is 1. The van der Waals surface area contributed by atoms with Gasteiger partial charge in [-0.3, -0.25) is 4.79 Å². The summed E-state index contributed by atoms with van der Waals surface area (Å²) >= 11 is 0. The molecule has 0 unspecified atom stereocenters. The van der Waals surface area contributed by atoms with E-state index < -0.39 is 0 Å². The van der Waals surface area contributed by atoms with E-state index in [1.165, 1.54) is 0 Å². The lowest BCUT2D eigenvalue weighted by atomic mass is 10.0. The number of hydrogen-bond acceptors (Lipinski definition) is 4. The van der Waals surface area contributed by atoms with E-state index in [0.717, 1.165) is 22.4 Å². The molecule has 0 radical (unpaired) electrons. The van der Waals surface area contributed by atoms with Crippen molar-refractivity contribution in [3.8, 4) is 17.2 Å². The van der Waals surface area contributed by atoms with Crippen LogP contribution in [0.5, 0.6) is 17.2 Å². The molecule has 146 valence electrons. The fraction of sp³-hybridized carbons (Fsp3) is 0.125. The molecule has 0 aromatic heterocycles. The van der Waals surface area contributed by atoms with E-state index in [2.05, 4.69) is 5.32 Å². The topological polar surface area (TPSA) is 56.8 Å². The fourth-order valence-corrected chi connectivity index (χ4v) is 3.29. The number of hydrogen-bond donors (Lipinski definition) is 1. The maximum Gasteiger partial charge on any atom is 0.256 e. The molecule has 0 saturated carbocycles. The summed E-state index contributed by atoms with van der Waals surface area (Å²) in [6.45, 7) is 0.398. The minimum atomic E-state index is -0.144. The number of nitrogens with one attached hydrogen (secondary N) is 1. The van der Waals surface area contributed by atoms with Gasteiger partial charge in [0.2, 0.25) is 0 Å². The van der Waals surface area contributed by atoms with E-state index in [9.17, 15) is 4.79 Å². The summed E-state index contributed by atoms with van der Waals surface area (Å²) in [5, 5.41) is 2.89. The van der Waals surface area contributed by atoms with Gasteiger partial charge >= 0.3 is 0 Å². The van der Waals surface area contributed by atoms with Gasteiger partial charge in [-0.25, -0.2) is 0 Å². The Labute approximate surface area is 169 Å². The molecule has 1 aliphatic rings. The highest BCUT2D eigenvalue weighted by Gasteiger charge is 2.24. The van der Waals surface area contributed by atoms with Gasteiger partial charge in [0.1, 0.15) is 12.4 Å². The smallest absolute Gasteiger partial charge is 0.256 e. The SMILES string of the molecule is COc1cc(C=C2C(=O)Nc3ccccc32)c(OCc2ccccc2)cc1OC. The van der Waals surface area contributed by atoms with Gasteiger partial charge in [-0.05, 0) is 23.8 Å². The van der Waals surface area contributed by atoms with Crippen molar-refractivity contribution in [2.45, 2.75) is 6.61 Å². The van der Waals surface area contributed by atoms with Crippen LogP contribution < -0.4 is 19.5 Å². The average Bonchev–Trinajstić information content (AvgIpc) is 3.08. The molecule has 0 atom stereocenters. The maximum absolute atomic E-state index is 12.5. The summed E-state index contributed by atoms with van der Waals surface area (Å²) in [5.41, 5.74) is 4.03. The Kier molecular flexibility index (Phi) is 5.20. The van der Waals surface area contributed by atoms with Crippen molar-refractivity contribution in [1.82, 2.24) is 0 Å². The number of carbonyl (C=O) groups is 1. The molecule has 0 spiro atoms. The Bertz CT molecular complexity index is 1070. The Morgan fingerprint density at radius 1 is 0.862 bits per heavy atom. The van der Waals surface area contributed by atoms with E-state index >= 15 is 0 Å². The second kappa shape index (κ2) is 8.10. The Morgan fingerprint density at radius 2 is 1.55 bits per heavy atom. The number of ether oxygens (including phenoxy) is 3. The molecule has 0 bridgehead atoms. The van der Waals surface area contributed by atoms with Crippen LogP contribution in [0.3, 0.4) is 0 Å². The second-order valence-corrected chi connectivity index (χ2v) is 6.58. The highest BCUT2D eigenvalue weighted by molar-refractivity contribution is 6.35. The van der Waals surface area contributed by atoms with Crippen LogP contribution in [0.2, 0.25) is 0 Å². The standard InChI is InChI=1S/C24H21NO4/c1-27-22-13-17(12-19-18-10-6-7-11-20(18)25-24(19)26)21(14-23(22)28-2)29-15-16-8-4-3-5-9-16/h3-14H,15H2,1-2H3,(H,25,26). The van der Waals surface area contributed by atoms with Crippen molar-refractivity contribution >= 4 is 23.2 Å². The predicted molar refractivity (Wildman–Crippen MR) is 113 cm³/mol.